The van der Waals surface area contributed by atoms with E-state index >= 15 is 0 Å². The van der Waals surface area contributed by atoms with Crippen LogP contribution in [0.15, 0.2) is 92.2 Å². The molecular formula is C48H56Cl2N4. The van der Waals surface area contributed by atoms with Crippen LogP contribution >= 0.6 is 23.2 Å². The van der Waals surface area contributed by atoms with Gasteiger partial charge < -0.3 is 9.97 Å². The Morgan fingerprint density at radius 3 is 1.04 bits per heavy atom. The first-order chi connectivity index (χ1) is 26.1. The fourth-order valence-electron chi connectivity index (χ4n) is 9.02. The van der Waals surface area contributed by atoms with Crippen molar-refractivity contribution in [3.05, 3.63) is 148 Å². The zero-order valence-corrected chi connectivity index (χ0v) is 35.4. The van der Waals surface area contributed by atoms with Crippen molar-refractivity contribution in [3.8, 4) is 0 Å². The molecule has 2 aliphatic heterocycles. The Morgan fingerprint density at radius 1 is 0.444 bits per heavy atom. The van der Waals surface area contributed by atoms with Crippen LogP contribution in [-0.2, 0) is 25.7 Å². The van der Waals surface area contributed by atoms with Crippen molar-refractivity contribution in [2.45, 2.75) is 121 Å². The first kappa shape index (κ1) is 39.6. The minimum atomic E-state index is 0.724. The van der Waals surface area contributed by atoms with E-state index in [-0.39, 0.29) is 0 Å². The molecule has 6 heteroatoms. The zero-order chi connectivity index (χ0) is 38.8. The highest BCUT2D eigenvalue weighted by molar-refractivity contribution is 6.55. The molecule has 2 N–H and O–H groups in total. The number of H-pyrrole nitrogens is 2. The standard InChI is InChI=1S/C48H56Cl2N4/c1-11-33-27(9)51-43(35(33)13-3)41(29-19-23-31(49)24-20-29)45-37(15-5)39(17-7)47(53-45)48-40(18-8)38(16-6)46(54-48)42(30-21-25-32(50)26-22-30)44-36(14-4)34(12-2)28(10)52-44/h19-26,51-52H,11-18H2,1-10H3/b45-41-,46-42-. The van der Waals surface area contributed by atoms with Crippen molar-refractivity contribution in [2.75, 3.05) is 0 Å². The van der Waals surface area contributed by atoms with E-state index in [9.17, 15) is 0 Å². The molecule has 4 heterocycles. The van der Waals surface area contributed by atoms with Crippen LogP contribution < -0.4 is 0 Å². The molecule has 54 heavy (non-hydrogen) atoms. The summed E-state index contributed by atoms with van der Waals surface area (Å²) in [5, 5.41) is 1.45. The molecule has 4 aromatic rings. The second-order valence-corrected chi connectivity index (χ2v) is 15.2. The van der Waals surface area contributed by atoms with Gasteiger partial charge in [-0.05, 0) is 145 Å². The Kier molecular flexibility index (Phi) is 12.2. The number of benzene rings is 2. The summed E-state index contributed by atoms with van der Waals surface area (Å²) >= 11 is 13.0. The molecule has 4 nitrogen and oxygen atoms in total. The monoisotopic (exact) mass is 758 g/mol. The summed E-state index contributed by atoms with van der Waals surface area (Å²) < 4.78 is 0. The first-order valence-electron chi connectivity index (χ1n) is 20.2. The van der Waals surface area contributed by atoms with Gasteiger partial charge in [0.2, 0.25) is 0 Å². The maximum atomic E-state index is 6.48. The summed E-state index contributed by atoms with van der Waals surface area (Å²) in [5.74, 6) is 0. The highest BCUT2D eigenvalue weighted by Gasteiger charge is 2.35. The van der Waals surface area contributed by atoms with Crippen LogP contribution in [0.1, 0.15) is 137 Å². The third kappa shape index (κ3) is 6.86. The third-order valence-corrected chi connectivity index (χ3v) is 12.0. The van der Waals surface area contributed by atoms with Gasteiger partial charge in [0.05, 0.1) is 34.2 Å². The molecule has 2 aromatic carbocycles. The van der Waals surface area contributed by atoms with E-state index in [2.05, 4.69) is 103 Å². The topological polar surface area (TPSA) is 56.3 Å². The predicted molar refractivity (Wildman–Crippen MR) is 234 cm³/mol. The van der Waals surface area contributed by atoms with Crippen molar-refractivity contribution >= 4 is 45.8 Å². The van der Waals surface area contributed by atoms with Crippen molar-refractivity contribution < 1.29 is 0 Å². The Bertz CT molecular complexity index is 2100. The van der Waals surface area contributed by atoms with E-state index in [1.807, 2.05) is 24.3 Å². The van der Waals surface area contributed by atoms with Gasteiger partial charge in [0.25, 0.3) is 0 Å². The molecule has 6 rings (SSSR count). The van der Waals surface area contributed by atoms with E-state index in [1.54, 1.807) is 0 Å². The molecule has 0 fully saturated rings. The number of aryl methyl sites for hydroxylation is 2. The highest BCUT2D eigenvalue weighted by atomic mass is 35.5. The number of allylic oxidation sites excluding steroid dienone is 4. The van der Waals surface area contributed by atoms with Gasteiger partial charge in [0.15, 0.2) is 0 Å². The molecular weight excluding hydrogens is 703 g/mol. The number of aromatic amines is 2. The van der Waals surface area contributed by atoms with Crippen LogP contribution in [0, 0.1) is 13.8 Å². The summed E-state index contributed by atoms with van der Waals surface area (Å²) in [6.45, 7) is 22.5. The minimum Gasteiger partial charge on any atom is -0.358 e. The van der Waals surface area contributed by atoms with Gasteiger partial charge in [-0.1, -0.05) is 103 Å². The predicted octanol–water partition coefficient (Wildman–Crippen LogP) is 13.9. The molecule has 0 amide bonds. The first-order valence-corrected chi connectivity index (χ1v) is 20.9. The molecule has 0 aliphatic carbocycles. The number of rotatable bonds is 13. The molecule has 0 saturated heterocycles. The van der Waals surface area contributed by atoms with Crippen LogP contribution in [0.25, 0.3) is 11.1 Å². The Hall–Kier alpha value is -4.12. The normalized spacial score (nSPS) is 16.5. The smallest absolute Gasteiger partial charge is 0.0932 e. The van der Waals surface area contributed by atoms with Crippen molar-refractivity contribution in [1.29, 1.82) is 0 Å². The summed E-state index contributed by atoms with van der Waals surface area (Å²) in [6, 6.07) is 16.6. The van der Waals surface area contributed by atoms with E-state index in [0.29, 0.717) is 0 Å². The van der Waals surface area contributed by atoms with E-state index < -0.39 is 0 Å². The molecule has 2 aliphatic rings. The van der Waals surface area contributed by atoms with Crippen LogP contribution in [0.2, 0.25) is 10.0 Å². The van der Waals surface area contributed by atoms with Crippen LogP contribution in [0.4, 0.5) is 0 Å². The average Bonchev–Trinajstić information content (AvgIpc) is 3.91. The van der Waals surface area contributed by atoms with Crippen molar-refractivity contribution in [2.24, 2.45) is 9.98 Å². The number of aromatic nitrogens is 2. The number of nitrogens with one attached hydrogen (secondary N) is 2. The third-order valence-electron chi connectivity index (χ3n) is 11.5. The van der Waals surface area contributed by atoms with E-state index in [0.717, 1.165) is 118 Å². The SMILES string of the molecule is CCC1=C(CC)/C(=C(\c2ccc(Cl)cc2)c2[nH]c(C)c(CC)c2CC)N=C1C1=N/C(=C(/c2ccc(Cl)cc2)c2[nH]c(C)c(CC)c2CC)C(CC)=C1CC. The molecule has 0 unspecified atom stereocenters. The fourth-order valence-corrected chi connectivity index (χ4v) is 9.27. The summed E-state index contributed by atoms with van der Waals surface area (Å²) in [6.07, 6.45) is 7.28. The highest BCUT2D eigenvalue weighted by Crippen LogP contribution is 2.45. The quantitative estimate of drug-likeness (QED) is 0.136. The number of aliphatic imine (C=N–C) groups is 2. The molecule has 0 bridgehead atoms. The van der Waals surface area contributed by atoms with E-state index in [4.69, 9.17) is 33.2 Å². The van der Waals surface area contributed by atoms with Gasteiger partial charge >= 0.3 is 0 Å². The molecule has 0 spiro atoms. The van der Waals surface area contributed by atoms with Crippen LogP contribution in [0.5, 0.6) is 0 Å². The van der Waals surface area contributed by atoms with Gasteiger partial charge in [0.1, 0.15) is 0 Å². The molecule has 0 radical (unpaired) electrons. The zero-order valence-electron chi connectivity index (χ0n) is 33.9. The second-order valence-electron chi connectivity index (χ2n) is 14.3. The number of halogens is 2. The van der Waals surface area contributed by atoms with Gasteiger partial charge in [-0.3, -0.25) is 0 Å². The molecule has 0 saturated carbocycles. The maximum Gasteiger partial charge on any atom is 0.0932 e. The number of hydrogen-bond donors (Lipinski definition) is 2. The lowest BCUT2D eigenvalue weighted by atomic mass is 9.88. The number of hydrogen-bond acceptors (Lipinski definition) is 2. The number of nitrogens with zero attached hydrogens (tertiary/aromatic N) is 2. The average molecular weight is 760 g/mol. The molecule has 2 aromatic heterocycles. The largest absolute Gasteiger partial charge is 0.358 e. The van der Waals surface area contributed by atoms with Crippen molar-refractivity contribution in [3.63, 3.8) is 0 Å². The van der Waals surface area contributed by atoms with Gasteiger partial charge in [-0.2, -0.15) is 0 Å². The van der Waals surface area contributed by atoms with Crippen LogP contribution in [0.3, 0.4) is 0 Å². The Morgan fingerprint density at radius 2 is 0.759 bits per heavy atom. The lowest BCUT2D eigenvalue weighted by Gasteiger charge is -2.15. The Labute approximate surface area is 333 Å². The van der Waals surface area contributed by atoms with E-state index in [1.165, 1.54) is 55.9 Å². The van der Waals surface area contributed by atoms with Gasteiger partial charge in [-0.25, -0.2) is 9.98 Å². The maximum absolute atomic E-state index is 6.48. The second kappa shape index (κ2) is 16.7. The Balaban J connectivity index is 1.72. The summed E-state index contributed by atoms with van der Waals surface area (Å²) in [4.78, 5) is 19.1. The van der Waals surface area contributed by atoms with Gasteiger partial charge in [0, 0.05) is 32.6 Å². The molecule has 282 valence electrons. The molecule has 0 atom stereocenters. The summed E-state index contributed by atoms with van der Waals surface area (Å²) in [5.41, 5.74) is 24.0. The fraction of sp³-hybridized carbons (Fsp3) is 0.375. The lowest BCUT2D eigenvalue weighted by molar-refractivity contribution is 1.03. The van der Waals surface area contributed by atoms with Gasteiger partial charge in [-0.15, -0.1) is 0 Å². The van der Waals surface area contributed by atoms with Crippen molar-refractivity contribution in [1.82, 2.24) is 9.97 Å². The van der Waals surface area contributed by atoms with Crippen LogP contribution in [-0.4, -0.2) is 21.4 Å². The lowest BCUT2D eigenvalue weighted by Crippen LogP contribution is -2.16. The minimum absolute atomic E-state index is 0.724. The summed E-state index contributed by atoms with van der Waals surface area (Å²) in [7, 11) is 0.